The third kappa shape index (κ3) is 5.44. The number of hydrogen-bond donors (Lipinski definition) is 3. The number of carbonyl (C=O) groups excluding carboxylic acids is 1. The van der Waals surface area contributed by atoms with Gasteiger partial charge in [0.1, 0.15) is 5.75 Å². The summed E-state index contributed by atoms with van der Waals surface area (Å²) in [7, 11) is 0. The number of carbonyl (C=O) groups is 1. The Morgan fingerprint density at radius 3 is 2.60 bits per heavy atom. The van der Waals surface area contributed by atoms with Crippen molar-refractivity contribution in [2.75, 3.05) is 0 Å². The number of rotatable bonds is 7. The fourth-order valence-electron chi connectivity index (χ4n) is 3.84. The van der Waals surface area contributed by atoms with Crippen molar-refractivity contribution in [3.8, 4) is 5.75 Å². The monoisotopic (exact) mass is 348 g/mol. The Balaban J connectivity index is 2.12. The van der Waals surface area contributed by atoms with Crippen molar-refractivity contribution in [3.05, 3.63) is 29.8 Å². The maximum atomic E-state index is 11.6. The fraction of sp³-hybridized carbons (Fsp3) is 0.650. The van der Waals surface area contributed by atoms with Crippen LogP contribution in [0.15, 0.2) is 24.3 Å². The zero-order valence-corrected chi connectivity index (χ0v) is 15.6. The van der Waals surface area contributed by atoms with Crippen molar-refractivity contribution < 1.29 is 14.6 Å². The van der Waals surface area contributed by atoms with E-state index in [0.29, 0.717) is 11.7 Å². The second-order valence-electron chi connectivity index (χ2n) is 7.17. The number of ether oxygens (including phenoxy) is 1. The van der Waals surface area contributed by atoms with E-state index in [-0.39, 0.29) is 30.2 Å². The van der Waals surface area contributed by atoms with Crippen LogP contribution in [0, 0.1) is 5.92 Å². The van der Waals surface area contributed by atoms with Gasteiger partial charge in [0.25, 0.3) is 0 Å². The van der Waals surface area contributed by atoms with E-state index >= 15 is 0 Å². The summed E-state index contributed by atoms with van der Waals surface area (Å²) in [6.45, 7) is 5.75. The number of phenols is 1. The van der Waals surface area contributed by atoms with Gasteiger partial charge < -0.3 is 20.9 Å². The summed E-state index contributed by atoms with van der Waals surface area (Å²) in [6.07, 6.45) is 4.39. The van der Waals surface area contributed by atoms with E-state index < -0.39 is 0 Å². The molecule has 0 aliphatic heterocycles. The van der Waals surface area contributed by atoms with Gasteiger partial charge in [-0.2, -0.15) is 0 Å². The van der Waals surface area contributed by atoms with Crippen molar-refractivity contribution in [3.63, 3.8) is 0 Å². The molecule has 0 radical (unpaired) electrons. The maximum Gasteiger partial charge on any atom is 0.217 e. The minimum atomic E-state index is -0.154. The van der Waals surface area contributed by atoms with Crippen molar-refractivity contribution >= 4 is 5.91 Å². The molecule has 1 fully saturated rings. The van der Waals surface area contributed by atoms with Gasteiger partial charge in [0.15, 0.2) is 0 Å². The quantitative estimate of drug-likeness (QED) is 0.707. The molecule has 5 nitrogen and oxygen atoms in total. The molecule has 0 heterocycles. The molecule has 1 aliphatic carbocycles. The second kappa shape index (κ2) is 9.20. The zero-order chi connectivity index (χ0) is 18.4. The Hall–Kier alpha value is -1.59. The third-order valence-electron chi connectivity index (χ3n) is 5.18. The molecule has 2 rings (SSSR count). The summed E-state index contributed by atoms with van der Waals surface area (Å²) in [5.74, 6) is 0.586. The number of hydrogen-bond acceptors (Lipinski definition) is 4. The van der Waals surface area contributed by atoms with Crippen LogP contribution in [0.2, 0.25) is 0 Å². The van der Waals surface area contributed by atoms with E-state index in [2.05, 4.69) is 19.2 Å². The van der Waals surface area contributed by atoms with E-state index in [1.807, 2.05) is 18.2 Å². The highest BCUT2D eigenvalue weighted by Gasteiger charge is 2.38. The van der Waals surface area contributed by atoms with Gasteiger partial charge >= 0.3 is 0 Å². The summed E-state index contributed by atoms with van der Waals surface area (Å²) in [4.78, 5) is 11.6. The first-order valence-corrected chi connectivity index (χ1v) is 9.39. The molecular weight excluding hydrogens is 316 g/mol. The molecule has 0 saturated heterocycles. The molecule has 1 aliphatic rings. The number of phenolic OH excluding ortho intramolecular Hbond substituents is 1. The minimum absolute atomic E-state index is 0.0715. The molecular formula is C20H32N2O3. The predicted octanol–water partition coefficient (Wildman–Crippen LogP) is 2.75. The van der Waals surface area contributed by atoms with Crippen LogP contribution in [0.5, 0.6) is 5.75 Å². The number of benzene rings is 1. The molecule has 1 unspecified atom stereocenters. The standard InChI is InChI=1S/C20H32N2O3/c1-4-16(5-2)25-19-12-14(10-15-8-6-7-9-18(15)24)11-17(21)20(19)22-13(3)23/h6-9,14,16-17,19-20,24H,4-5,10-12,21H2,1-3H3,(H,22,23)/t14?,17-,19+,20+/m0/s1. The average molecular weight is 348 g/mol. The van der Waals surface area contributed by atoms with Gasteiger partial charge in [0.05, 0.1) is 18.2 Å². The predicted molar refractivity (Wildman–Crippen MR) is 99.4 cm³/mol. The van der Waals surface area contributed by atoms with Crippen molar-refractivity contribution in [2.24, 2.45) is 11.7 Å². The molecule has 0 spiro atoms. The number of para-hydroxylation sites is 1. The number of amides is 1. The highest BCUT2D eigenvalue weighted by molar-refractivity contribution is 5.73. The smallest absolute Gasteiger partial charge is 0.217 e. The Bertz CT molecular complexity index is 560. The van der Waals surface area contributed by atoms with Crippen LogP contribution in [-0.2, 0) is 16.0 Å². The van der Waals surface area contributed by atoms with Crippen LogP contribution in [0.25, 0.3) is 0 Å². The third-order valence-corrected chi connectivity index (χ3v) is 5.18. The van der Waals surface area contributed by atoms with Crippen molar-refractivity contribution in [1.82, 2.24) is 5.32 Å². The van der Waals surface area contributed by atoms with Crippen LogP contribution in [0.4, 0.5) is 0 Å². The Labute approximate surface area is 150 Å². The van der Waals surface area contributed by atoms with Crippen LogP contribution in [0.3, 0.4) is 0 Å². The van der Waals surface area contributed by atoms with E-state index in [1.165, 1.54) is 6.92 Å². The van der Waals surface area contributed by atoms with E-state index in [9.17, 15) is 9.90 Å². The maximum absolute atomic E-state index is 11.6. The number of nitrogens with one attached hydrogen (secondary N) is 1. The largest absolute Gasteiger partial charge is 0.508 e. The molecule has 4 N–H and O–H groups in total. The van der Waals surface area contributed by atoms with E-state index in [4.69, 9.17) is 10.5 Å². The van der Waals surface area contributed by atoms with Crippen molar-refractivity contribution in [2.45, 2.75) is 77.2 Å². The van der Waals surface area contributed by atoms with Crippen LogP contribution < -0.4 is 11.1 Å². The minimum Gasteiger partial charge on any atom is -0.508 e. The van der Waals surface area contributed by atoms with Crippen LogP contribution in [0.1, 0.15) is 52.0 Å². The van der Waals surface area contributed by atoms with Gasteiger partial charge in [-0.25, -0.2) is 0 Å². The van der Waals surface area contributed by atoms with Crippen molar-refractivity contribution in [1.29, 1.82) is 0 Å². The number of aromatic hydroxyl groups is 1. The highest BCUT2D eigenvalue weighted by Crippen LogP contribution is 2.32. The summed E-state index contributed by atoms with van der Waals surface area (Å²) in [6, 6.07) is 7.15. The lowest BCUT2D eigenvalue weighted by molar-refractivity contribution is -0.123. The average Bonchev–Trinajstić information content (AvgIpc) is 2.57. The lowest BCUT2D eigenvalue weighted by atomic mass is 9.77. The molecule has 4 atom stereocenters. The molecule has 1 amide bonds. The molecule has 1 aromatic rings. The first-order chi connectivity index (χ1) is 11.9. The zero-order valence-electron chi connectivity index (χ0n) is 15.6. The van der Waals surface area contributed by atoms with E-state index in [0.717, 1.165) is 37.7 Å². The topological polar surface area (TPSA) is 84.6 Å². The first kappa shape index (κ1) is 19.7. The molecule has 25 heavy (non-hydrogen) atoms. The Kier molecular flexibility index (Phi) is 7.26. The van der Waals surface area contributed by atoms with Crippen LogP contribution in [-0.4, -0.2) is 35.3 Å². The van der Waals surface area contributed by atoms with Crippen LogP contribution >= 0.6 is 0 Å². The van der Waals surface area contributed by atoms with Gasteiger partial charge in [0.2, 0.25) is 5.91 Å². The second-order valence-corrected chi connectivity index (χ2v) is 7.17. The van der Waals surface area contributed by atoms with Gasteiger partial charge in [-0.3, -0.25) is 4.79 Å². The van der Waals surface area contributed by atoms with E-state index in [1.54, 1.807) is 6.07 Å². The number of nitrogens with two attached hydrogens (primary N) is 1. The van der Waals surface area contributed by atoms with Gasteiger partial charge in [-0.05, 0) is 49.7 Å². The van der Waals surface area contributed by atoms with Gasteiger partial charge in [-0.15, -0.1) is 0 Å². The summed E-state index contributed by atoms with van der Waals surface area (Å²) < 4.78 is 6.31. The summed E-state index contributed by atoms with van der Waals surface area (Å²) in [5, 5.41) is 13.0. The molecule has 1 aromatic carbocycles. The first-order valence-electron chi connectivity index (χ1n) is 9.39. The lowest BCUT2D eigenvalue weighted by Gasteiger charge is -2.42. The lowest BCUT2D eigenvalue weighted by Crippen LogP contribution is -2.59. The van der Waals surface area contributed by atoms with Gasteiger partial charge in [-0.1, -0.05) is 32.0 Å². The molecule has 1 saturated carbocycles. The highest BCUT2D eigenvalue weighted by atomic mass is 16.5. The molecule has 5 heteroatoms. The molecule has 140 valence electrons. The molecule has 0 bridgehead atoms. The normalized spacial score (nSPS) is 26.6. The summed E-state index contributed by atoms with van der Waals surface area (Å²) in [5.41, 5.74) is 7.34. The molecule has 0 aromatic heterocycles. The van der Waals surface area contributed by atoms with Gasteiger partial charge in [0, 0.05) is 13.0 Å². The SMILES string of the molecule is CCC(CC)O[C@@H]1CC(Cc2ccccc2O)C[C@H](N)[C@H]1NC(C)=O. The fourth-order valence-corrected chi connectivity index (χ4v) is 3.84. The Morgan fingerprint density at radius 1 is 1.32 bits per heavy atom. The Morgan fingerprint density at radius 2 is 2.00 bits per heavy atom. The summed E-state index contributed by atoms with van der Waals surface area (Å²) >= 11 is 0.